The smallest absolute Gasteiger partial charge is 0.0494 e. The van der Waals surface area contributed by atoms with Crippen LogP contribution >= 0.6 is 11.8 Å². The molecule has 54 valence electrons. The Hall–Kier alpha value is -0.690. The summed E-state index contributed by atoms with van der Waals surface area (Å²) >= 11 is 5.40. The van der Waals surface area contributed by atoms with Crippen molar-refractivity contribution in [3.8, 4) is 0 Å². The zero-order chi connectivity index (χ0) is 7.56. The lowest BCUT2D eigenvalue weighted by Gasteiger charge is -2.01. The van der Waals surface area contributed by atoms with Gasteiger partial charge in [0.05, 0.1) is 0 Å². The molecule has 0 saturated carbocycles. The summed E-state index contributed by atoms with van der Waals surface area (Å²) in [5.74, 6) is 0. The topological polar surface area (TPSA) is 12.0 Å². The molecule has 0 fully saturated rings. The van der Waals surface area contributed by atoms with Gasteiger partial charge in [0, 0.05) is 17.5 Å². The van der Waals surface area contributed by atoms with Crippen LogP contribution in [0.15, 0.2) is 18.2 Å². The third-order valence-electron chi connectivity index (χ3n) is 1.62. The zero-order valence-electron chi connectivity index (χ0n) is 6.11. The van der Waals surface area contributed by atoms with Crippen LogP contribution in [-0.2, 0) is 0 Å². The van der Waals surface area contributed by atoms with E-state index in [4.69, 9.17) is 11.8 Å². The Kier molecular flexibility index (Phi) is 2.17. The monoisotopic (exact) mass is 155 g/mol. The Labute approximate surface area is 66.1 Å². The summed E-state index contributed by atoms with van der Waals surface area (Å²) in [5, 5.41) is 0. The lowest BCUT2D eigenvalue weighted by atomic mass is 10.1. The zero-order valence-corrected chi connectivity index (χ0v) is 6.87. The van der Waals surface area contributed by atoms with Crippen LogP contribution in [0, 0.1) is 13.8 Å². The molecule has 10 heavy (non-hydrogen) atoms. The molecule has 0 atom stereocenters. The summed E-state index contributed by atoms with van der Waals surface area (Å²) < 4.78 is 0. The van der Waals surface area contributed by atoms with Crippen LogP contribution in [-0.4, -0.2) is 0 Å². The summed E-state index contributed by atoms with van der Waals surface area (Å²) in [6.07, 6.45) is 0. The average molecular weight is 156 g/mol. The maximum absolute atomic E-state index is 5.40. The number of benzene rings is 1. The highest BCUT2D eigenvalue weighted by Crippen LogP contribution is 2.14. The quantitative estimate of drug-likeness (QED) is 0.615. The number of nitrogens with one attached hydrogen (secondary N) is 1. The van der Waals surface area contributed by atoms with Crippen molar-refractivity contribution < 1.29 is 0 Å². The highest BCUT2D eigenvalue weighted by Gasteiger charge is 1.92. The SMILES string of the molecule is Cc1ccc(NCl)cc1C. The molecule has 1 rings (SSSR count). The Morgan fingerprint density at radius 1 is 1.20 bits per heavy atom. The number of halogens is 1. The van der Waals surface area contributed by atoms with E-state index in [0.717, 1.165) is 5.69 Å². The lowest BCUT2D eigenvalue weighted by molar-refractivity contribution is 1.34. The van der Waals surface area contributed by atoms with Crippen LogP contribution in [0.4, 0.5) is 5.69 Å². The molecule has 0 aromatic heterocycles. The van der Waals surface area contributed by atoms with E-state index in [0.29, 0.717) is 0 Å². The van der Waals surface area contributed by atoms with E-state index >= 15 is 0 Å². The Balaban J connectivity index is 3.04. The molecule has 0 radical (unpaired) electrons. The van der Waals surface area contributed by atoms with Gasteiger partial charge in [-0.1, -0.05) is 6.07 Å². The normalized spacial score (nSPS) is 9.50. The minimum atomic E-state index is 0.949. The van der Waals surface area contributed by atoms with Gasteiger partial charge in [0.15, 0.2) is 0 Å². The average Bonchev–Trinajstić information content (AvgIpc) is 1.95. The Morgan fingerprint density at radius 2 is 1.90 bits per heavy atom. The first-order valence-electron chi connectivity index (χ1n) is 3.18. The molecule has 2 heteroatoms. The van der Waals surface area contributed by atoms with Gasteiger partial charge >= 0.3 is 0 Å². The minimum absolute atomic E-state index is 0.949. The third-order valence-corrected chi connectivity index (χ3v) is 1.83. The van der Waals surface area contributed by atoms with Crippen molar-refractivity contribution in [3.63, 3.8) is 0 Å². The molecule has 1 aromatic carbocycles. The van der Waals surface area contributed by atoms with Gasteiger partial charge in [-0.05, 0) is 37.1 Å². The van der Waals surface area contributed by atoms with Crippen molar-refractivity contribution in [2.75, 3.05) is 4.84 Å². The molecule has 0 saturated heterocycles. The predicted octanol–water partition coefficient (Wildman–Crippen LogP) is 2.87. The molecule has 0 aliphatic heterocycles. The number of rotatable bonds is 1. The largest absolute Gasteiger partial charge is 0.299 e. The van der Waals surface area contributed by atoms with Crippen molar-refractivity contribution in [1.29, 1.82) is 0 Å². The van der Waals surface area contributed by atoms with Crippen molar-refractivity contribution in [3.05, 3.63) is 29.3 Å². The standard InChI is InChI=1S/C8H10ClN/c1-6-3-4-8(10-9)5-7(6)2/h3-5,10H,1-2H3. The van der Waals surface area contributed by atoms with E-state index in [-0.39, 0.29) is 0 Å². The van der Waals surface area contributed by atoms with Crippen LogP contribution in [0.2, 0.25) is 0 Å². The van der Waals surface area contributed by atoms with E-state index in [2.05, 4.69) is 18.7 Å². The van der Waals surface area contributed by atoms with Gasteiger partial charge in [-0.2, -0.15) is 0 Å². The van der Waals surface area contributed by atoms with Gasteiger partial charge < -0.3 is 0 Å². The van der Waals surface area contributed by atoms with Crippen molar-refractivity contribution >= 4 is 17.5 Å². The summed E-state index contributed by atoms with van der Waals surface area (Å²) in [5.41, 5.74) is 3.49. The Bertz CT molecular complexity index is 233. The molecule has 1 N–H and O–H groups in total. The second-order valence-electron chi connectivity index (χ2n) is 2.39. The number of aryl methyl sites for hydroxylation is 2. The third kappa shape index (κ3) is 1.42. The minimum Gasteiger partial charge on any atom is -0.299 e. The highest BCUT2D eigenvalue weighted by molar-refractivity contribution is 6.23. The summed E-state index contributed by atoms with van der Waals surface area (Å²) in [4.78, 5) is 2.57. The highest BCUT2D eigenvalue weighted by atomic mass is 35.5. The fourth-order valence-electron chi connectivity index (χ4n) is 0.800. The van der Waals surface area contributed by atoms with Gasteiger partial charge in [0.2, 0.25) is 0 Å². The van der Waals surface area contributed by atoms with Gasteiger partial charge in [0.25, 0.3) is 0 Å². The molecule has 0 amide bonds. The molecule has 0 aliphatic carbocycles. The first-order valence-corrected chi connectivity index (χ1v) is 3.55. The number of anilines is 1. The first kappa shape index (κ1) is 7.42. The molecular weight excluding hydrogens is 146 g/mol. The Morgan fingerprint density at radius 3 is 2.40 bits per heavy atom. The maximum Gasteiger partial charge on any atom is 0.0494 e. The van der Waals surface area contributed by atoms with Gasteiger partial charge in [0.1, 0.15) is 0 Å². The van der Waals surface area contributed by atoms with E-state index < -0.39 is 0 Å². The van der Waals surface area contributed by atoms with Crippen LogP contribution in [0.5, 0.6) is 0 Å². The molecular formula is C8H10ClN. The van der Waals surface area contributed by atoms with Crippen molar-refractivity contribution in [2.45, 2.75) is 13.8 Å². The molecule has 0 aliphatic rings. The summed E-state index contributed by atoms with van der Waals surface area (Å²) in [7, 11) is 0. The van der Waals surface area contributed by atoms with Crippen molar-refractivity contribution in [2.24, 2.45) is 0 Å². The first-order chi connectivity index (χ1) is 4.74. The lowest BCUT2D eigenvalue weighted by Crippen LogP contribution is -1.83. The van der Waals surface area contributed by atoms with Crippen LogP contribution in [0.1, 0.15) is 11.1 Å². The molecule has 1 nitrogen and oxygen atoms in total. The summed E-state index contributed by atoms with van der Waals surface area (Å²) in [6, 6.07) is 6.01. The second kappa shape index (κ2) is 2.93. The molecule has 1 aromatic rings. The number of hydrogen-bond acceptors (Lipinski definition) is 1. The van der Waals surface area contributed by atoms with Crippen LogP contribution in [0.25, 0.3) is 0 Å². The fraction of sp³-hybridized carbons (Fsp3) is 0.250. The van der Waals surface area contributed by atoms with E-state index in [1.807, 2.05) is 18.2 Å². The van der Waals surface area contributed by atoms with Crippen LogP contribution in [0.3, 0.4) is 0 Å². The van der Waals surface area contributed by atoms with Gasteiger partial charge in [-0.25, -0.2) is 0 Å². The molecule has 0 heterocycles. The van der Waals surface area contributed by atoms with Crippen molar-refractivity contribution in [1.82, 2.24) is 0 Å². The molecule has 0 bridgehead atoms. The van der Waals surface area contributed by atoms with Gasteiger partial charge in [-0.15, -0.1) is 0 Å². The fourth-order valence-corrected chi connectivity index (χ4v) is 0.918. The molecule has 0 unspecified atom stereocenters. The van der Waals surface area contributed by atoms with Crippen LogP contribution < -0.4 is 4.84 Å². The second-order valence-corrected chi connectivity index (χ2v) is 2.58. The predicted molar refractivity (Wildman–Crippen MR) is 45.4 cm³/mol. The van der Waals surface area contributed by atoms with Gasteiger partial charge in [-0.3, -0.25) is 4.84 Å². The van der Waals surface area contributed by atoms with E-state index in [9.17, 15) is 0 Å². The number of hydrogen-bond donors (Lipinski definition) is 1. The van der Waals surface area contributed by atoms with E-state index in [1.54, 1.807) is 0 Å². The van der Waals surface area contributed by atoms with E-state index in [1.165, 1.54) is 11.1 Å². The maximum atomic E-state index is 5.40. The molecule has 0 spiro atoms. The summed E-state index contributed by atoms with van der Waals surface area (Å²) in [6.45, 7) is 4.14.